The van der Waals surface area contributed by atoms with Crippen LogP contribution in [0.15, 0.2) is 33.6 Å². The number of rotatable bonds is 9. The monoisotopic (exact) mass is 617 g/mol. The third kappa shape index (κ3) is 5.62. The van der Waals surface area contributed by atoms with Crippen LogP contribution in [-0.4, -0.2) is 104 Å². The average Bonchev–Trinajstić information content (AvgIpc) is 3.55. The highest BCUT2D eigenvalue weighted by atomic mass is 32.2. The number of aromatic nitrogens is 7. The first-order chi connectivity index (χ1) is 19.0. The van der Waals surface area contributed by atoms with Crippen molar-refractivity contribution in [3.8, 4) is 0 Å². The molecule has 4 N–H and O–H groups in total. The molecule has 0 radical (unpaired) electrons. The number of nitrogens with two attached hydrogens (primary N) is 1. The van der Waals surface area contributed by atoms with Gasteiger partial charge >= 0.3 is 12.1 Å². The highest BCUT2D eigenvalue weighted by Gasteiger charge is 2.54. The highest BCUT2D eigenvalue weighted by molar-refractivity contribution is 8.01. The minimum atomic E-state index is -4.73. The third-order valence-corrected chi connectivity index (χ3v) is 8.12. The molecule has 3 aromatic rings. The number of amides is 2. The summed E-state index contributed by atoms with van der Waals surface area (Å²) < 4.78 is 42.5. The van der Waals surface area contributed by atoms with Gasteiger partial charge in [0.2, 0.25) is 18.1 Å². The number of carboxylic acid groups (broad SMARTS) is 1. The van der Waals surface area contributed by atoms with Crippen LogP contribution in [0.5, 0.6) is 0 Å². The first-order valence-corrected chi connectivity index (χ1v) is 13.6. The van der Waals surface area contributed by atoms with Crippen molar-refractivity contribution < 1.29 is 37.5 Å². The number of anilines is 1. The lowest BCUT2D eigenvalue weighted by Gasteiger charge is -2.49. The number of hydrogen-bond donors (Lipinski definition) is 3. The number of hydrogen-bond acceptors (Lipinski definition) is 15. The molecule has 5 heterocycles. The topological polar surface area (TPSA) is 216 Å². The van der Waals surface area contributed by atoms with E-state index in [1.165, 1.54) is 28.2 Å². The molecule has 40 heavy (non-hydrogen) atoms. The molecule has 2 aliphatic heterocycles. The van der Waals surface area contributed by atoms with Gasteiger partial charge in [0.1, 0.15) is 22.1 Å². The van der Waals surface area contributed by atoms with Crippen LogP contribution >= 0.6 is 35.1 Å². The Labute approximate surface area is 232 Å². The zero-order valence-corrected chi connectivity index (χ0v) is 21.9. The predicted octanol–water partition coefficient (Wildman–Crippen LogP) is -0.233. The fourth-order valence-electron chi connectivity index (χ4n) is 3.56. The summed E-state index contributed by atoms with van der Waals surface area (Å²) in [5, 5.41) is 30.2. The summed E-state index contributed by atoms with van der Waals surface area (Å²) in [4.78, 5) is 47.0. The number of thioether (sulfide) groups is 2. The second-order valence-corrected chi connectivity index (χ2v) is 10.8. The third-order valence-electron chi connectivity index (χ3n) is 5.23. The largest absolute Gasteiger partial charge is 0.477 e. The van der Waals surface area contributed by atoms with Gasteiger partial charge in [-0.15, -0.1) is 38.4 Å². The maximum Gasteiger partial charge on any atom is 0.425 e. The van der Waals surface area contributed by atoms with E-state index in [0.717, 1.165) is 4.90 Å². The number of aliphatic carboxylic acids is 1. The van der Waals surface area contributed by atoms with Gasteiger partial charge < -0.3 is 21.0 Å². The van der Waals surface area contributed by atoms with E-state index in [4.69, 9.17) is 5.73 Å². The van der Waals surface area contributed by atoms with Crippen LogP contribution in [0.3, 0.4) is 0 Å². The van der Waals surface area contributed by atoms with Gasteiger partial charge in [-0.05, 0) is 28.1 Å². The highest BCUT2D eigenvalue weighted by Crippen LogP contribution is 2.41. The summed E-state index contributed by atoms with van der Waals surface area (Å²) >= 11 is 3.08. The van der Waals surface area contributed by atoms with Gasteiger partial charge in [-0.2, -0.15) is 22.5 Å². The van der Waals surface area contributed by atoms with Crippen molar-refractivity contribution in [2.45, 2.75) is 22.6 Å². The number of alkyl halides is 3. The first-order valence-electron chi connectivity index (χ1n) is 10.8. The predicted molar refractivity (Wildman–Crippen MR) is 132 cm³/mol. The quantitative estimate of drug-likeness (QED) is 0.122. The van der Waals surface area contributed by atoms with E-state index in [1.54, 1.807) is 12.1 Å². The summed E-state index contributed by atoms with van der Waals surface area (Å²) in [6.45, 7) is -1.79. The maximum absolute atomic E-state index is 13.0. The van der Waals surface area contributed by atoms with E-state index in [9.17, 15) is 32.7 Å². The summed E-state index contributed by atoms with van der Waals surface area (Å²) in [5.74, 6) is -3.19. The maximum atomic E-state index is 13.0. The van der Waals surface area contributed by atoms with Gasteiger partial charge in [0.25, 0.3) is 11.8 Å². The molecule has 5 rings (SSSR count). The molecular formula is C18H14F3N11O5S3. The molecule has 1 fully saturated rings. The molecule has 2 amide bonds. The summed E-state index contributed by atoms with van der Waals surface area (Å²) in [7, 11) is 0. The van der Waals surface area contributed by atoms with Gasteiger partial charge in [0.15, 0.2) is 10.8 Å². The number of halogens is 3. The zero-order valence-electron chi connectivity index (χ0n) is 19.5. The molecule has 22 heteroatoms. The molecule has 2 atom stereocenters. The number of carbonyl (C=O) groups is 3. The number of nitrogens with one attached hydrogen (secondary N) is 1. The van der Waals surface area contributed by atoms with Crippen LogP contribution in [0.25, 0.3) is 5.65 Å². The molecule has 16 nitrogen and oxygen atoms in total. The number of carbonyl (C=O) groups excluding carboxylic acids is 2. The van der Waals surface area contributed by atoms with Crippen LogP contribution in [-0.2, 0) is 19.2 Å². The molecule has 0 aromatic carbocycles. The van der Waals surface area contributed by atoms with E-state index in [1.807, 2.05) is 0 Å². The van der Waals surface area contributed by atoms with Crippen molar-refractivity contribution in [3.63, 3.8) is 0 Å². The number of tetrazole rings is 1. The van der Waals surface area contributed by atoms with Crippen LogP contribution in [0.2, 0.25) is 0 Å². The Morgan fingerprint density at radius 3 is 2.85 bits per heavy atom. The molecule has 1 unspecified atom stereocenters. The van der Waals surface area contributed by atoms with Gasteiger partial charge in [-0.25, -0.2) is 4.79 Å². The summed E-state index contributed by atoms with van der Waals surface area (Å²) in [5.41, 5.74) is 5.41. The normalized spacial score (nSPS) is 19.4. The van der Waals surface area contributed by atoms with Crippen molar-refractivity contribution in [3.05, 3.63) is 29.2 Å². The van der Waals surface area contributed by atoms with E-state index in [2.05, 4.69) is 45.3 Å². The number of fused-ring (bicyclic) bond motifs is 2. The molecule has 1 saturated heterocycles. The first kappa shape index (κ1) is 27.5. The Bertz CT molecular complexity index is 1560. The van der Waals surface area contributed by atoms with Gasteiger partial charge in [0.05, 0.1) is 0 Å². The van der Waals surface area contributed by atoms with E-state index >= 15 is 0 Å². The van der Waals surface area contributed by atoms with Gasteiger partial charge in [-0.1, -0.05) is 5.16 Å². The Morgan fingerprint density at radius 2 is 2.15 bits per heavy atom. The van der Waals surface area contributed by atoms with Gasteiger partial charge in [0, 0.05) is 23.0 Å². The lowest BCUT2D eigenvalue weighted by Crippen LogP contribution is -2.71. The molecule has 0 saturated carbocycles. The van der Waals surface area contributed by atoms with Crippen molar-refractivity contribution in [1.82, 2.24) is 44.8 Å². The summed E-state index contributed by atoms with van der Waals surface area (Å²) in [6.07, 6.45) is -4.73. The Kier molecular flexibility index (Phi) is 7.46. The number of nitrogen functional groups attached to an aromatic ring is 1. The fourth-order valence-corrected chi connectivity index (χ4v) is 6.33. The second kappa shape index (κ2) is 10.8. The number of oxime groups is 1. The minimum absolute atomic E-state index is 0.0882. The second-order valence-electron chi connectivity index (χ2n) is 7.89. The molecule has 0 spiro atoms. The van der Waals surface area contributed by atoms with Crippen molar-refractivity contribution in [2.24, 2.45) is 5.16 Å². The van der Waals surface area contributed by atoms with E-state index in [-0.39, 0.29) is 22.3 Å². The Balaban J connectivity index is 1.30. The van der Waals surface area contributed by atoms with Crippen LogP contribution < -0.4 is 11.1 Å². The number of carboxylic acids is 1. The molecule has 0 bridgehead atoms. The SMILES string of the molecule is Nc1nc(C(=NOCC(F)(F)F)C(=O)NC2C(=O)N3C(C(=O)O)=C(CSc4ccc5nnnn5n4)CS[C@H]23)ns1. The molecule has 3 aromatic heterocycles. The Morgan fingerprint density at radius 1 is 1.35 bits per heavy atom. The lowest BCUT2D eigenvalue weighted by atomic mass is 10.0. The van der Waals surface area contributed by atoms with E-state index < -0.39 is 53.5 Å². The van der Waals surface area contributed by atoms with Gasteiger partial charge in [-0.3, -0.25) is 14.5 Å². The van der Waals surface area contributed by atoms with Crippen LogP contribution in [0, 0.1) is 0 Å². The summed E-state index contributed by atoms with van der Waals surface area (Å²) in [6, 6.07) is 2.11. The number of nitrogens with zero attached hydrogens (tertiary/aromatic N) is 9. The minimum Gasteiger partial charge on any atom is -0.477 e. The zero-order chi connectivity index (χ0) is 28.6. The molecule has 210 valence electrons. The standard InChI is InChI=1S/C18H14F3N11O5S3/c19-18(20,21)5-37-27-9(12-24-17(22)40-28-12)13(33)23-10-14(34)31-11(16(35)36)6(4-39-15(10)31)3-38-8-2-1-7-25-29-30-32(7)26-8/h1-2,10,15H,3-5H2,(H,23,33)(H,35,36)(H2,22,24,28)/t10?,15-/m1/s1. The van der Waals surface area contributed by atoms with E-state index in [0.29, 0.717) is 27.8 Å². The molecule has 2 aliphatic rings. The van der Waals surface area contributed by atoms with Crippen molar-refractivity contribution >= 4 is 69.3 Å². The van der Waals surface area contributed by atoms with Crippen molar-refractivity contribution in [1.29, 1.82) is 0 Å². The Hall–Kier alpha value is -4.05. The number of β-lactam (4-membered cyclic amide) rings is 1. The van der Waals surface area contributed by atoms with Crippen molar-refractivity contribution in [2.75, 3.05) is 23.8 Å². The molecular weight excluding hydrogens is 603 g/mol. The molecule has 0 aliphatic carbocycles. The lowest BCUT2D eigenvalue weighted by molar-refractivity contribution is -0.174. The smallest absolute Gasteiger partial charge is 0.425 e. The van der Waals surface area contributed by atoms with Crippen LogP contribution in [0.4, 0.5) is 18.3 Å². The fraction of sp³-hybridized carbons (Fsp3) is 0.333. The average molecular weight is 618 g/mol. The van der Waals surface area contributed by atoms with Crippen LogP contribution in [0.1, 0.15) is 5.82 Å².